The van der Waals surface area contributed by atoms with E-state index in [9.17, 15) is 0 Å². The van der Waals surface area contributed by atoms with Crippen LogP contribution in [0.4, 0.5) is 5.69 Å². The maximum absolute atomic E-state index is 5.58. The second-order valence-corrected chi connectivity index (χ2v) is 5.97. The standard InChI is InChI=1S/C22H14N2O/c1-2-8-15(9-3-1)23-21-14-20-18-12-5-4-10-16(18)17-11-6-7-13-19(17)22(20)24-25-21/h1-14H. The van der Waals surface area contributed by atoms with Gasteiger partial charge in [0.15, 0.2) is 0 Å². The third-order valence-electron chi connectivity index (χ3n) is 4.44. The minimum atomic E-state index is 0.499. The lowest BCUT2D eigenvalue weighted by Crippen LogP contribution is -2.01. The van der Waals surface area contributed by atoms with Crippen LogP contribution in [0.3, 0.4) is 0 Å². The van der Waals surface area contributed by atoms with Crippen LogP contribution in [0.5, 0.6) is 0 Å². The summed E-state index contributed by atoms with van der Waals surface area (Å²) in [5, 5.41) is 10.1. The molecule has 0 unspecified atom stereocenters. The van der Waals surface area contributed by atoms with Crippen LogP contribution in [0.25, 0.3) is 32.4 Å². The summed E-state index contributed by atoms with van der Waals surface area (Å²) < 4.78 is 5.58. The predicted octanol–water partition coefficient (Wildman–Crippen LogP) is 5.37. The van der Waals surface area contributed by atoms with Gasteiger partial charge in [-0.15, -0.1) is 0 Å². The first kappa shape index (κ1) is 13.9. The van der Waals surface area contributed by atoms with E-state index in [4.69, 9.17) is 4.52 Å². The highest BCUT2D eigenvalue weighted by atomic mass is 16.5. The molecule has 0 saturated heterocycles. The predicted molar refractivity (Wildman–Crippen MR) is 101 cm³/mol. The van der Waals surface area contributed by atoms with E-state index in [0.717, 1.165) is 27.4 Å². The molecule has 0 spiro atoms. The maximum Gasteiger partial charge on any atom is 0.249 e. The van der Waals surface area contributed by atoms with Gasteiger partial charge in [-0.1, -0.05) is 71.9 Å². The molecule has 0 aliphatic heterocycles. The fourth-order valence-electron chi connectivity index (χ4n) is 3.32. The van der Waals surface area contributed by atoms with E-state index >= 15 is 0 Å². The van der Waals surface area contributed by atoms with Crippen molar-refractivity contribution in [2.45, 2.75) is 0 Å². The number of benzene rings is 4. The molecule has 5 aromatic rings. The minimum absolute atomic E-state index is 0.499. The first-order valence-corrected chi connectivity index (χ1v) is 8.20. The largest absolute Gasteiger partial charge is 0.336 e. The SMILES string of the molecule is c1ccc(N=c2cc3c4ccccc4c4ccccc4c3no2)cc1. The zero-order valence-corrected chi connectivity index (χ0v) is 13.4. The van der Waals surface area contributed by atoms with Gasteiger partial charge in [-0.2, -0.15) is 0 Å². The molecule has 0 amide bonds. The average molecular weight is 322 g/mol. The molecule has 4 aromatic carbocycles. The van der Waals surface area contributed by atoms with Crippen LogP contribution in [-0.2, 0) is 0 Å². The van der Waals surface area contributed by atoms with Crippen molar-refractivity contribution in [1.82, 2.24) is 5.16 Å². The van der Waals surface area contributed by atoms with Crippen molar-refractivity contribution in [3.8, 4) is 0 Å². The number of hydrogen-bond donors (Lipinski definition) is 0. The molecule has 3 heteroatoms. The third-order valence-corrected chi connectivity index (χ3v) is 4.44. The van der Waals surface area contributed by atoms with Crippen LogP contribution in [0.1, 0.15) is 0 Å². The number of nitrogens with zero attached hydrogens (tertiary/aromatic N) is 2. The summed E-state index contributed by atoms with van der Waals surface area (Å²) in [6, 6.07) is 28.4. The molecule has 0 aliphatic rings. The fraction of sp³-hybridized carbons (Fsp3) is 0. The quantitative estimate of drug-likeness (QED) is 0.389. The molecule has 25 heavy (non-hydrogen) atoms. The van der Waals surface area contributed by atoms with Crippen LogP contribution in [0, 0.1) is 0 Å². The fourth-order valence-corrected chi connectivity index (χ4v) is 3.32. The summed E-state index contributed by atoms with van der Waals surface area (Å²) in [5.41, 5.74) is 2.21. The molecule has 0 fully saturated rings. The van der Waals surface area contributed by atoms with Gasteiger partial charge in [0, 0.05) is 16.8 Å². The number of fused-ring (bicyclic) bond motifs is 6. The molecule has 0 atom stereocenters. The zero-order chi connectivity index (χ0) is 16.6. The molecule has 0 radical (unpaired) electrons. The van der Waals surface area contributed by atoms with Crippen molar-refractivity contribution < 1.29 is 4.52 Å². The summed E-state index contributed by atoms with van der Waals surface area (Å²) in [5.74, 6) is 0. The Kier molecular flexibility index (Phi) is 3.10. The van der Waals surface area contributed by atoms with Gasteiger partial charge in [-0.05, 0) is 28.3 Å². The smallest absolute Gasteiger partial charge is 0.249 e. The highest BCUT2D eigenvalue weighted by Crippen LogP contribution is 2.32. The Morgan fingerprint density at radius 3 is 1.88 bits per heavy atom. The second kappa shape index (κ2) is 5.56. The summed E-state index contributed by atoms with van der Waals surface area (Å²) in [6.07, 6.45) is 0. The van der Waals surface area contributed by atoms with E-state index in [-0.39, 0.29) is 0 Å². The number of para-hydroxylation sites is 1. The van der Waals surface area contributed by atoms with Crippen molar-refractivity contribution in [3.63, 3.8) is 0 Å². The van der Waals surface area contributed by atoms with Crippen LogP contribution >= 0.6 is 0 Å². The average Bonchev–Trinajstić information content (AvgIpc) is 2.69. The lowest BCUT2D eigenvalue weighted by Gasteiger charge is -2.08. The Balaban J connectivity index is 1.92. The second-order valence-electron chi connectivity index (χ2n) is 5.97. The molecule has 0 bridgehead atoms. The summed E-state index contributed by atoms with van der Waals surface area (Å²) in [4.78, 5) is 4.55. The highest BCUT2D eigenvalue weighted by Gasteiger charge is 2.09. The Labute approximate surface area is 143 Å². The highest BCUT2D eigenvalue weighted by molar-refractivity contribution is 6.23. The number of rotatable bonds is 1. The van der Waals surface area contributed by atoms with E-state index in [2.05, 4.69) is 52.6 Å². The van der Waals surface area contributed by atoms with Gasteiger partial charge in [-0.25, -0.2) is 4.99 Å². The molecule has 3 nitrogen and oxygen atoms in total. The van der Waals surface area contributed by atoms with Gasteiger partial charge in [-0.3, -0.25) is 0 Å². The van der Waals surface area contributed by atoms with Gasteiger partial charge in [0.05, 0.1) is 5.69 Å². The zero-order valence-electron chi connectivity index (χ0n) is 13.4. The molecule has 1 heterocycles. The van der Waals surface area contributed by atoms with Crippen LogP contribution in [0.2, 0.25) is 0 Å². The van der Waals surface area contributed by atoms with Gasteiger partial charge < -0.3 is 4.52 Å². The monoisotopic (exact) mass is 322 g/mol. The van der Waals surface area contributed by atoms with Crippen LogP contribution in [-0.4, -0.2) is 5.16 Å². The maximum atomic E-state index is 5.58. The van der Waals surface area contributed by atoms with E-state index < -0.39 is 0 Å². The molecular weight excluding hydrogens is 308 g/mol. The third kappa shape index (κ3) is 2.29. The topological polar surface area (TPSA) is 38.4 Å². The molecule has 0 aliphatic carbocycles. The van der Waals surface area contributed by atoms with Gasteiger partial charge in [0.1, 0.15) is 5.52 Å². The van der Waals surface area contributed by atoms with Crippen LogP contribution in [0.15, 0.2) is 94.4 Å². The summed E-state index contributed by atoms with van der Waals surface area (Å²) >= 11 is 0. The molecule has 1 aromatic heterocycles. The van der Waals surface area contributed by atoms with E-state index in [1.807, 2.05) is 42.5 Å². The molecular formula is C22H14N2O. The van der Waals surface area contributed by atoms with Gasteiger partial charge in [0.25, 0.3) is 0 Å². The molecule has 0 saturated carbocycles. The normalized spacial score (nSPS) is 12.2. The lowest BCUT2D eigenvalue weighted by molar-refractivity contribution is 0.373. The Morgan fingerprint density at radius 1 is 0.600 bits per heavy atom. The Hall–Kier alpha value is -3.46. The lowest BCUT2D eigenvalue weighted by atomic mass is 9.98. The van der Waals surface area contributed by atoms with Crippen molar-refractivity contribution in [2.75, 3.05) is 0 Å². The van der Waals surface area contributed by atoms with Crippen molar-refractivity contribution in [2.24, 2.45) is 4.99 Å². The molecule has 5 rings (SSSR count). The summed E-state index contributed by atoms with van der Waals surface area (Å²) in [7, 11) is 0. The van der Waals surface area contributed by atoms with Gasteiger partial charge in [0.2, 0.25) is 5.55 Å². The Morgan fingerprint density at radius 2 is 1.16 bits per heavy atom. The number of hydrogen-bond acceptors (Lipinski definition) is 3. The summed E-state index contributed by atoms with van der Waals surface area (Å²) in [6.45, 7) is 0. The van der Waals surface area contributed by atoms with Crippen molar-refractivity contribution in [1.29, 1.82) is 0 Å². The minimum Gasteiger partial charge on any atom is -0.336 e. The molecule has 0 N–H and O–H groups in total. The van der Waals surface area contributed by atoms with Crippen LogP contribution < -0.4 is 5.55 Å². The Bertz CT molecular complexity index is 1250. The van der Waals surface area contributed by atoms with Crippen molar-refractivity contribution >= 4 is 38.1 Å². The van der Waals surface area contributed by atoms with E-state index in [0.29, 0.717) is 5.55 Å². The van der Waals surface area contributed by atoms with E-state index in [1.54, 1.807) is 0 Å². The first-order valence-electron chi connectivity index (χ1n) is 8.20. The van der Waals surface area contributed by atoms with Gasteiger partial charge >= 0.3 is 0 Å². The number of aromatic nitrogens is 1. The first-order chi connectivity index (χ1) is 12.4. The van der Waals surface area contributed by atoms with Crippen molar-refractivity contribution in [3.05, 3.63) is 90.5 Å². The van der Waals surface area contributed by atoms with E-state index in [1.165, 1.54) is 10.8 Å². The molecule has 118 valence electrons.